The molecule has 0 aliphatic carbocycles. The number of aliphatic hydroxyl groups excluding tert-OH is 3. The van der Waals surface area contributed by atoms with Crippen LogP contribution in [0, 0.1) is 6.92 Å². The van der Waals surface area contributed by atoms with Gasteiger partial charge in [-0.05, 0) is 6.92 Å². The Morgan fingerprint density at radius 1 is 1.47 bits per heavy atom. The smallest absolute Gasteiger partial charge is 0.361 e. The lowest BCUT2D eigenvalue weighted by molar-refractivity contribution is -0.149. The van der Waals surface area contributed by atoms with Crippen molar-refractivity contribution in [3.05, 3.63) is 32.6 Å². The van der Waals surface area contributed by atoms with Gasteiger partial charge < -0.3 is 24.9 Å². The van der Waals surface area contributed by atoms with E-state index in [0.29, 0.717) is 4.73 Å². The molecule has 1 saturated heterocycles. The summed E-state index contributed by atoms with van der Waals surface area (Å²) in [5, 5.41) is 28.2. The molecule has 9 heteroatoms. The average molecular weight is 274 g/mol. The molecular formula is C10H14N2O7. The van der Waals surface area contributed by atoms with Gasteiger partial charge in [0.2, 0.25) is 6.10 Å². The highest BCUT2D eigenvalue weighted by atomic mass is 16.7. The maximum absolute atomic E-state index is 11.5. The lowest BCUT2D eigenvalue weighted by atomic mass is 10.1. The van der Waals surface area contributed by atoms with Gasteiger partial charge in [-0.3, -0.25) is 9.78 Å². The summed E-state index contributed by atoms with van der Waals surface area (Å²) in [5.74, 6) is 0. The highest BCUT2D eigenvalue weighted by Crippen LogP contribution is 2.20. The summed E-state index contributed by atoms with van der Waals surface area (Å²) >= 11 is 0. The Bertz CT molecular complexity index is 566. The number of aliphatic hydroxyl groups is 3. The van der Waals surface area contributed by atoms with Crippen molar-refractivity contribution in [2.75, 3.05) is 6.61 Å². The molecule has 0 saturated carbocycles. The quantitative estimate of drug-likeness (QED) is 0.454. The van der Waals surface area contributed by atoms with E-state index < -0.39 is 42.5 Å². The number of rotatable bonds is 3. The number of hydrogen-bond donors (Lipinski definition) is 4. The van der Waals surface area contributed by atoms with Gasteiger partial charge in [-0.2, -0.15) is 0 Å². The highest BCUT2D eigenvalue weighted by molar-refractivity contribution is 5.00. The zero-order valence-corrected chi connectivity index (χ0v) is 10.0. The van der Waals surface area contributed by atoms with Gasteiger partial charge in [0.1, 0.15) is 12.2 Å². The predicted octanol–water partition coefficient (Wildman–Crippen LogP) is -3.29. The molecule has 1 aliphatic heterocycles. The summed E-state index contributed by atoms with van der Waals surface area (Å²) in [4.78, 5) is 29.8. The highest BCUT2D eigenvalue weighted by Gasteiger charge is 2.45. The normalized spacial score (nSPS) is 30.5. The molecule has 0 radical (unpaired) electrons. The number of hydrogen-bond acceptors (Lipinski definition) is 7. The first-order chi connectivity index (χ1) is 8.93. The third-order valence-corrected chi connectivity index (χ3v) is 2.82. The molecule has 4 atom stereocenters. The third-order valence-electron chi connectivity index (χ3n) is 2.82. The van der Waals surface area contributed by atoms with Gasteiger partial charge in [0.15, 0.2) is 6.29 Å². The van der Waals surface area contributed by atoms with Crippen molar-refractivity contribution >= 4 is 0 Å². The van der Waals surface area contributed by atoms with Gasteiger partial charge in [-0.1, -0.05) is 0 Å². The molecule has 106 valence electrons. The third kappa shape index (κ3) is 2.54. The van der Waals surface area contributed by atoms with E-state index in [2.05, 4.69) is 0 Å². The Labute approximate surface area is 106 Å². The van der Waals surface area contributed by atoms with E-state index in [4.69, 9.17) is 14.7 Å². The number of ether oxygens (including phenoxy) is 1. The number of aromatic amines is 1. The molecule has 1 aliphatic rings. The second-order valence-corrected chi connectivity index (χ2v) is 4.21. The van der Waals surface area contributed by atoms with Crippen LogP contribution >= 0.6 is 0 Å². The van der Waals surface area contributed by atoms with Crippen molar-refractivity contribution < 1.29 is 24.9 Å². The molecule has 4 N–H and O–H groups in total. The van der Waals surface area contributed by atoms with Crippen LogP contribution in [-0.4, -0.2) is 56.2 Å². The van der Waals surface area contributed by atoms with Crippen LogP contribution in [0.25, 0.3) is 0 Å². The molecule has 1 fully saturated rings. The first-order valence-electron chi connectivity index (χ1n) is 5.56. The molecule has 1 aromatic rings. The van der Waals surface area contributed by atoms with Gasteiger partial charge in [0.05, 0.1) is 12.8 Å². The molecule has 0 bridgehead atoms. The Morgan fingerprint density at radius 3 is 2.74 bits per heavy atom. The van der Waals surface area contributed by atoms with Crippen LogP contribution in [0.5, 0.6) is 0 Å². The Kier molecular flexibility index (Phi) is 3.71. The number of aromatic nitrogens is 2. The van der Waals surface area contributed by atoms with Crippen molar-refractivity contribution in [3.63, 3.8) is 0 Å². The van der Waals surface area contributed by atoms with Crippen LogP contribution in [0.4, 0.5) is 0 Å². The van der Waals surface area contributed by atoms with Crippen molar-refractivity contribution in [2.45, 2.75) is 31.5 Å². The first-order valence-corrected chi connectivity index (χ1v) is 5.56. The molecule has 0 aromatic carbocycles. The maximum Gasteiger partial charge on any atom is 0.361 e. The van der Waals surface area contributed by atoms with Gasteiger partial charge >= 0.3 is 5.69 Å². The lowest BCUT2D eigenvalue weighted by Crippen LogP contribution is -2.46. The van der Waals surface area contributed by atoms with Crippen LogP contribution in [-0.2, 0) is 4.74 Å². The fourth-order valence-corrected chi connectivity index (χ4v) is 1.74. The van der Waals surface area contributed by atoms with Crippen molar-refractivity contribution in [1.82, 2.24) is 9.71 Å². The summed E-state index contributed by atoms with van der Waals surface area (Å²) in [5.41, 5.74) is -1.18. The van der Waals surface area contributed by atoms with E-state index in [1.54, 1.807) is 0 Å². The maximum atomic E-state index is 11.5. The first kappa shape index (κ1) is 13.7. The molecule has 2 heterocycles. The van der Waals surface area contributed by atoms with Crippen LogP contribution in [0.3, 0.4) is 0 Å². The van der Waals surface area contributed by atoms with Crippen LogP contribution in [0.1, 0.15) is 5.56 Å². The zero-order valence-electron chi connectivity index (χ0n) is 10.0. The minimum Gasteiger partial charge on any atom is -0.398 e. The zero-order chi connectivity index (χ0) is 14.2. The SMILES string of the molecule is Cc1cn(O[C@H]2[C@H](O)[C@@H](CO)O[C@H]2O)c(=O)[nH]c1=O. The second-order valence-electron chi connectivity index (χ2n) is 4.21. The molecule has 9 nitrogen and oxygen atoms in total. The number of H-pyrrole nitrogens is 1. The van der Waals surface area contributed by atoms with Gasteiger partial charge in [0.25, 0.3) is 5.56 Å². The van der Waals surface area contributed by atoms with E-state index in [-0.39, 0.29) is 5.56 Å². The number of nitrogens with zero attached hydrogens (tertiary/aromatic N) is 1. The van der Waals surface area contributed by atoms with E-state index in [1.165, 1.54) is 6.92 Å². The number of aryl methyl sites for hydroxylation is 1. The van der Waals surface area contributed by atoms with Crippen molar-refractivity contribution in [1.29, 1.82) is 0 Å². The molecule has 19 heavy (non-hydrogen) atoms. The van der Waals surface area contributed by atoms with Crippen molar-refractivity contribution in [3.8, 4) is 0 Å². The summed E-state index contributed by atoms with van der Waals surface area (Å²) < 4.78 is 5.54. The van der Waals surface area contributed by atoms with E-state index in [1.807, 2.05) is 4.98 Å². The molecule has 0 spiro atoms. The van der Waals surface area contributed by atoms with Gasteiger partial charge in [0, 0.05) is 5.56 Å². The van der Waals surface area contributed by atoms with Crippen LogP contribution in [0.15, 0.2) is 15.8 Å². The van der Waals surface area contributed by atoms with E-state index in [0.717, 1.165) is 6.20 Å². The summed E-state index contributed by atoms with van der Waals surface area (Å²) in [7, 11) is 0. The lowest BCUT2D eigenvalue weighted by Gasteiger charge is -2.19. The largest absolute Gasteiger partial charge is 0.398 e. The summed E-state index contributed by atoms with van der Waals surface area (Å²) in [6.45, 7) is 0.963. The second kappa shape index (κ2) is 5.13. The summed E-state index contributed by atoms with van der Waals surface area (Å²) in [6.07, 6.45) is -3.92. The standard InChI is InChI=1S/C10H14N2O7/c1-4-2-12(10(17)11-8(4)15)19-7-6(14)5(3-13)18-9(7)16/h2,5-7,9,13-14,16H,3H2,1H3,(H,11,15,17)/t5-,6-,7+,9-/m1/s1. The van der Waals surface area contributed by atoms with Crippen molar-refractivity contribution in [2.24, 2.45) is 0 Å². The number of nitrogens with one attached hydrogen (secondary N) is 1. The van der Waals surface area contributed by atoms with E-state index in [9.17, 15) is 19.8 Å². The molecule has 0 unspecified atom stereocenters. The Morgan fingerprint density at radius 2 is 2.16 bits per heavy atom. The Hall–Kier alpha value is -1.68. The average Bonchev–Trinajstić information content (AvgIpc) is 2.63. The molecule has 0 amide bonds. The molecule has 2 rings (SSSR count). The fraction of sp³-hybridized carbons (Fsp3) is 0.600. The monoisotopic (exact) mass is 274 g/mol. The minimum atomic E-state index is -1.49. The molecule has 1 aromatic heterocycles. The van der Waals surface area contributed by atoms with Crippen LogP contribution < -0.4 is 16.1 Å². The van der Waals surface area contributed by atoms with Crippen LogP contribution in [0.2, 0.25) is 0 Å². The Balaban J connectivity index is 2.24. The fourth-order valence-electron chi connectivity index (χ4n) is 1.74. The topological polar surface area (TPSA) is 134 Å². The summed E-state index contributed by atoms with van der Waals surface area (Å²) in [6, 6.07) is 0. The van der Waals surface area contributed by atoms with Gasteiger partial charge in [-0.25, -0.2) is 4.79 Å². The van der Waals surface area contributed by atoms with E-state index >= 15 is 0 Å². The predicted molar refractivity (Wildman–Crippen MR) is 60.4 cm³/mol. The van der Waals surface area contributed by atoms with Gasteiger partial charge in [-0.15, -0.1) is 4.73 Å². The minimum absolute atomic E-state index is 0.223. The molecular weight excluding hydrogens is 260 g/mol.